The molecule has 0 aliphatic carbocycles. The number of halogens is 3. The smallest absolute Gasteiger partial charge is 0.478 e. The first-order chi connectivity index (χ1) is 15.2. The number of carboxylic acids is 1. The van der Waals surface area contributed by atoms with Crippen LogP contribution in [0.15, 0.2) is 41.5 Å². The highest BCUT2D eigenvalue weighted by Crippen LogP contribution is 2.38. The number of carbonyl (C=O) groups is 2. The Morgan fingerprint density at radius 3 is 2.62 bits per heavy atom. The molecule has 1 unspecified atom stereocenters. The van der Waals surface area contributed by atoms with Crippen molar-refractivity contribution in [3.63, 3.8) is 0 Å². The van der Waals surface area contributed by atoms with E-state index in [1.165, 1.54) is 12.7 Å². The van der Waals surface area contributed by atoms with Crippen LogP contribution in [-0.2, 0) is 9.53 Å². The predicted molar refractivity (Wildman–Crippen MR) is 102 cm³/mol. The number of hydrogen-bond donors (Lipinski definition) is 1. The fraction of sp³-hybridized carbons (Fsp3) is 0.500. The summed E-state index contributed by atoms with van der Waals surface area (Å²) in [6.07, 6.45) is 2.27. The van der Waals surface area contributed by atoms with Gasteiger partial charge in [0.15, 0.2) is 12.1 Å². The summed E-state index contributed by atoms with van der Waals surface area (Å²) in [5.41, 5.74) is 0.152. The predicted octanol–water partition coefficient (Wildman–Crippen LogP) is 2.79. The van der Waals surface area contributed by atoms with E-state index in [0.29, 0.717) is 37.2 Å². The van der Waals surface area contributed by atoms with Gasteiger partial charge in [-0.3, -0.25) is 4.79 Å². The lowest BCUT2D eigenvalue weighted by Crippen LogP contribution is -2.66. The van der Waals surface area contributed by atoms with Gasteiger partial charge < -0.3 is 23.9 Å². The summed E-state index contributed by atoms with van der Waals surface area (Å²) in [5, 5.41) is 7.12. The Morgan fingerprint density at radius 2 is 2.03 bits per heavy atom. The fourth-order valence-corrected chi connectivity index (χ4v) is 3.63. The van der Waals surface area contributed by atoms with Crippen LogP contribution in [0.1, 0.15) is 29.8 Å². The largest absolute Gasteiger partial charge is 0.490 e. The van der Waals surface area contributed by atoms with Crippen molar-refractivity contribution >= 4 is 11.9 Å². The van der Waals surface area contributed by atoms with E-state index in [2.05, 4.69) is 9.97 Å². The Labute approximate surface area is 181 Å². The molecule has 1 N–H and O–H groups in total. The van der Waals surface area contributed by atoms with Crippen LogP contribution in [0.4, 0.5) is 13.2 Å². The van der Waals surface area contributed by atoms with Crippen LogP contribution in [-0.4, -0.2) is 69.9 Å². The van der Waals surface area contributed by atoms with Gasteiger partial charge in [0.1, 0.15) is 11.9 Å². The molecule has 174 valence electrons. The molecule has 4 rings (SSSR count). The molecule has 1 spiro atoms. The minimum absolute atomic E-state index is 0.0939. The molecule has 2 aromatic heterocycles. The summed E-state index contributed by atoms with van der Waals surface area (Å²) in [5.74, 6) is -1.64. The number of nitrogens with zero attached hydrogens (tertiary/aromatic N) is 3. The zero-order valence-electron chi connectivity index (χ0n) is 17.0. The lowest BCUT2D eigenvalue weighted by molar-refractivity contribution is -0.192. The van der Waals surface area contributed by atoms with Crippen molar-refractivity contribution in [1.29, 1.82) is 0 Å². The molecule has 1 amide bonds. The second-order valence-electron chi connectivity index (χ2n) is 7.53. The molecule has 2 aromatic rings. The van der Waals surface area contributed by atoms with Gasteiger partial charge in [0.25, 0.3) is 5.91 Å². The van der Waals surface area contributed by atoms with Crippen molar-refractivity contribution in [2.45, 2.75) is 31.0 Å². The van der Waals surface area contributed by atoms with Gasteiger partial charge in [-0.2, -0.15) is 13.2 Å². The summed E-state index contributed by atoms with van der Waals surface area (Å²) in [6.45, 7) is 2.63. The maximum absolute atomic E-state index is 12.2. The first kappa shape index (κ1) is 23.5. The molecule has 9 nitrogen and oxygen atoms in total. The molecule has 12 heteroatoms. The molecule has 0 bridgehead atoms. The highest BCUT2D eigenvalue weighted by atomic mass is 19.4. The number of carbonyl (C=O) groups excluding carboxylic acids is 1. The topological polar surface area (TPSA) is 115 Å². The molecule has 2 saturated heterocycles. The monoisotopic (exact) mass is 457 g/mol. The van der Waals surface area contributed by atoms with Gasteiger partial charge in [0.05, 0.1) is 19.7 Å². The lowest BCUT2D eigenvalue weighted by Gasteiger charge is -2.53. The summed E-state index contributed by atoms with van der Waals surface area (Å²) in [6, 6.07) is 5.66. The van der Waals surface area contributed by atoms with Crippen molar-refractivity contribution in [2.24, 2.45) is 5.92 Å². The van der Waals surface area contributed by atoms with E-state index >= 15 is 0 Å². The highest BCUT2D eigenvalue weighted by molar-refractivity contribution is 5.92. The quantitative estimate of drug-likeness (QED) is 0.729. The molecule has 0 aromatic carbocycles. The number of amides is 1. The van der Waals surface area contributed by atoms with Gasteiger partial charge >= 0.3 is 12.1 Å². The number of carboxylic acid groups (broad SMARTS) is 1. The van der Waals surface area contributed by atoms with Crippen molar-refractivity contribution in [1.82, 2.24) is 14.9 Å². The van der Waals surface area contributed by atoms with E-state index in [-0.39, 0.29) is 11.5 Å². The zero-order chi connectivity index (χ0) is 23.2. The van der Waals surface area contributed by atoms with Gasteiger partial charge in [-0.1, -0.05) is 6.07 Å². The van der Waals surface area contributed by atoms with E-state index in [9.17, 15) is 18.0 Å². The number of aromatic nitrogens is 2. The molecule has 1 atom stereocenters. The molecule has 32 heavy (non-hydrogen) atoms. The van der Waals surface area contributed by atoms with Crippen molar-refractivity contribution in [3.8, 4) is 5.88 Å². The Balaban J connectivity index is 0.000000360. The Morgan fingerprint density at radius 1 is 1.28 bits per heavy atom. The normalized spacial score (nSPS) is 19.5. The number of aliphatic carboxylic acids is 1. The van der Waals surface area contributed by atoms with Crippen LogP contribution < -0.4 is 4.74 Å². The molecule has 0 radical (unpaired) electrons. The van der Waals surface area contributed by atoms with Crippen molar-refractivity contribution < 1.29 is 41.8 Å². The first-order valence-electron chi connectivity index (χ1n) is 9.84. The Bertz CT molecular complexity index is 886. The SMILES string of the molecule is O=C(O)C(F)(F)F.O=C(c1cocn1)N1CC2(CC(CCOc3ccccn3)CCO2)C1. The molecule has 2 aliphatic heterocycles. The number of ether oxygens (including phenoxy) is 2. The zero-order valence-corrected chi connectivity index (χ0v) is 17.0. The summed E-state index contributed by atoms with van der Waals surface area (Å²) < 4.78 is 48.3. The number of alkyl halides is 3. The highest BCUT2D eigenvalue weighted by Gasteiger charge is 2.49. The minimum Gasteiger partial charge on any atom is -0.478 e. The first-order valence-corrected chi connectivity index (χ1v) is 9.84. The standard InChI is InChI=1S/C18H21N3O4.C2HF3O2/c22-17(15-10-23-13-20-15)21-11-18(12-21)9-14(5-8-25-18)4-7-24-16-3-1-2-6-19-16;3-2(4,5)1(6)7/h1-3,6,10,13-14H,4-5,7-9,11-12H2;(H,6,7). The molecule has 2 aliphatic rings. The lowest BCUT2D eigenvalue weighted by atomic mass is 9.79. The van der Waals surface area contributed by atoms with Crippen LogP contribution in [0.3, 0.4) is 0 Å². The number of likely N-dealkylation sites (tertiary alicyclic amines) is 1. The second kappa shape index (κ2) is 9.98. The average molecular weight is 457 g/mol. The van der Waals surface area contributed by atoms with Gasteiger partial charge in [-0.15, -0.1) is 0 Å². The van der Waals surface area contributed by atoms with Gasteiger partial charge in [0, 0.05) is 18.9 Å². The number of pyridine rings is 1. The average Bonchev–Trinajstić information content (AvgIpc) is 3.27. The Kier molecular flexibility index (Phi) is 7.33. The van der Waals surface area contributed by atoms with E-state index < -0.39 is 12.1 Å². The summed E-state index contributed by atoms with van der Waals surface area (Å²) in [7, 11) is 0. The Hall–Kier alpha value is -3.15. The van der Waals surface area contributed by atoms with Crippen LogP contribution in [0.2, 0.25) is 0 Å². The van der Waals surface area contributed by atoms with Crippen LogP contribution >= 0.6 is 0 Å². The molecular formula is C20H22F3N3O6. The maximum atomic E-state index is 12.2. The van der Waals surface area contributed by atoms with Gasteiger partial charge in [0.2, 0.25) is 5.88 Å². The second-order valence-corrected chi connectivity index (χ2v) is 7.53. The summed E-state index contributed by atoms with van der Waals surface area (Å²) >= 11 is 0. The third-order valence-electron chi connectivity index (χ3n) is 5.15. The van der Waals surface area contributed by atoms with E-state index in [4.69, 9.17) is 23.8 Å². The summed E-state index contributed by atoms with van der Waals surface area (Å²) in [4.78, 5) is 31.0. The number of oxazole rings is 1. The maximum Gasteiger partial charge on any atom is 0.490 e. The van der Waals surface area contributed by atoms with Crippen molar-refractivity contribution in [2.75, 3.05) is 26.3 Å². The van der Waals surface area contributed by atoms with E-state index in [0.717, 1.165) is 25.9 Å². The molecule has 0 saturated carbocycles. The van der Waals surface area contributed by atoms with Crippen LogP contribution in [0.5, 0.6) is 5.88 Å². The minimum atomic E-state index is -5.08. The molecule has 4 heterocycles. The molecule has 2 fully saturated rings. The van der Waals surface area contributed by atoms with Gasteiger partial charge in [-0.05, 0) is 31.2 Å². The van der Waals surface area contributed by atoms with Crippen LogP contribution in [0.25, 0.3) is 0 Å². The number of rotatable bonds is 5. The molecular weight excluding hydrogens is 435 g/mol. The van der Waals surface area contributed by atoms with E-state index in [1.54, 1.807) is 11.1 Å². The van der Waals surface area contributed by atoms with Gasteiger partial charge in [-0.25, -0.2) is 14.8 Å². The third-order valence-corrected chi connectivity index (χ3v) is 5.15. The van der Waals surface area contributed by atoms with Crippen molar-refractivity contribution in [3.05, 3.63) is 42.7 Å². The van der Waals surface area contributed by atoms with Crippen LogP contribution in [0, 0.1) is 5.92 Å². The number of hydrogen-bond acceptors (Lipinski definition) is 7. The van der Waals surface area contributed by atoms with E-state index in [1.807, 2.05) is 18.2 Å². The third kappa shape index (κ3) is 6.19. The fourth-order valence-electron chi connectivity index (χ4n) is 3.63.